The lowest BCUT2D eigenvalue weighted by molar-refractivity contribution is -0.140. The SMILES string of the molecule is COc1ccc(NC(=O)C2(OC)CCNCC2)cc1F.Cl. The lowest BCUT2D eigenvalue weighted by atomic mass is 9.91. The maximum absolute atomic E-state index is 13.6. The third kappa shape index (κ3) is 3.84. The van der Waals surface area contributed by atoms with E-state index in [1.54, 1.807) is 6.07 Å². The summed E-state index contributed by atoms with van der Waals surface area (Å²) in [4.78, 5) is 12.4. The number of nitrogens with one attached hydrogen (secondary N) is 2. The highest BCUT2D eigenvalue weighted by Crippen LogP contribution is 2.26. The first-order chi connectivity index (χ1) is 9.61. The van der Waals surface area contributed by atoms with Crippen molar-refractivity contribution in [2.75, 3.05) is 32.6 Å². The molecular formula is C14H20ClFN2O3. The van der Waals surface area contributed by atoms with Gasteiger partial charge in [-0.3, -0.25) is 4.79 Å². The highest BCUT2D eigenvalue weighted by atomic mass is 35.5. The van der Waals surface area contributed by atoms with Crippen LogP contribution in [0.1, 0.15) is 12.8 Å². The quantitative estimate of drug-likeness (QED) is 0.891. The molecule has 1 aliphatic rings. The van der Waals surface area contributed by atoms with Gasteiger partial charge < -0.3 is 20.1 Å². The van der Waals surface area contributed by atoms with Crippen LogP contribution in [0.25, 0.3) is 0 Å². The van der Waals surface area contributed by atoms with Crippen molar-refractivity contribution < 1.29 is 18.7 Å². The molecule has 1 aromatic carbocycles. The molecule has 0 aliphatic carbocycles. The van der Waals surface area contributed by atoms with Gasteiger partial charge in [-0.25, -0.2) is 4.39 Å². The third-order valence-electron chi connectivity index (χ3n) is 3.63. The first kappa shape index (κ1) is 17.7. The predicted octanol–water partition coefficient (Wildman–Crippen LogP) is 1.96. The number of carbonyl (C=O) groups excluding carboxylic acids is 1. The molecule has 0 atom stereocenters. The van der Waals surface area contributed by atoms with Gasteiger partial charge in [0.2, 0.25) is 0 Å². The van der Waals surface area contributed by atoms with E-state index in [0.29, 0.717) is 18.5 Å². The van der Waals surface area contributed by atoms with Crippen molar-refractivity contribution in [3.63, 3.8) is 0 Å². The molecule has 0 saturated carbocycles. The van der Waals surface area contributed by atoms with Gasteiger partial charge in [0, 0.05) is 18.9 Å². The Balaban J connectivity index is 0.00000220. The van der Waals surface area contributed by atoms with E-state index in [1.165, 1.54) is 26.4 Å². The molecule has 118 valence electrons. The zero-order valence-corrected chi connectivity index (χ0v) is 12.9. The van der Waals surface area contributed by atoms with Gasteiger partial charge in [0.05, 0.1) is 7.11 Å². The molecule has 5 nitrogen and oxygen atoms in total. The van der Waals surface area contributed by atoms with Crippen molar-refractivity contribution in [1.29, 1.82) is 0 Å². The van der Waals surface area contributed by atoms with Crippen molar-refractivity contribution in [3.8, 4) is 5.75 Å². The van der Waals surface area contributed by atoms with E-state index in [4.69, 9.17) is 9.47 Å². The van der Waals surface area contributed by atoms with Crippen molar-refractivity contribution in [2.45, 2.75) is 18.4 Å². The zero-order chi connectivity index (χ0) is 14.6. The fourth-order valence-electron chi connectivity index (χ4n) is 2.34. The Morgan fingerprint density at radius 3 is 2.52 bits per heavy atom. The minimum absolute atomic E-state index is 0. The summed E-state index contributed by atoms with van der Waals surface area (Å²) in [6.45, 7) is 1.44. The predicted molar refractivity (Wildman–Crippen MR) is 80.7 cm³/mol. The molecule has 1 aliphatic heterocycles. The van der Waals surface area contributed by atoms with Crippen LogP contribution in [0.3, 0.4) is 0 Å². The molecule has 21 heavy (non-hydrogen) atoms. The van der Waals surface area contributed by atoms with Crippen LogP contribution >= 0.6 is 12.4 Å². The number of benzene rings is 1. The summed E-state index contributed by atoms with van der Waals surface area (Å²) in [7, 11) is 2.92. The number of anilines is 1. The fraction of sp³-hybridized carbons (Fsp3) is 0.500. The number of piperidine rings is 1. The van der Waals surface area contributed by atoms with Crippen LogP contribution in [0, 0.1) is 5.82 Å². The van der Waals surface area contributed by atoms with Crippen molar-refractivity contribution in [2.24, 2.45) is 0 Å². The monoisotopic (exact) mass is 318 g/mol. The molecule has 0 aromatic heterocycles. The molecule has 7 heteroatoms. The van der Waals surface area contributed by atoms with Gasteiger partial charge in [-0.05, 0) is 38.1 Å². The minimum Gasteiger partial charge on any atom is -0.494 e. The van der Waals surface area contributed by atoms with Crippen LogP contribution in [-0.2, 0) is 9.53 Å². The highest BCUT2D eigenvalue weighted by molar-refractivity contribution is 5.97. The van der Waals surface area contributed by atoms with Gasteiger partial charge in [-0.2, -0.15) is 0 Å². The zero-order valence-electron chi connectivity index (χ0n) is 12.1. The normalized spacial score (nSPS) is 16.7. The van der Waals surface area contributed by atoms with Crippen LogP contribution in [-0.4, -0.2) is 38.8 Å². The number of rotatable bonds is 4. The number of halogens is 2. The average molecular weight is 319 g/mol. The van der Waals surface area contributed by atoms with Crippen LogP contribution in [0.2, 0.25) is 0 Å². The largest absolute Gasteiger partial charge is 0.494 e. The number of hydrogen-bond acceptors (Lipinski definition) is 4. The molecular weight excluding hydrogens is 299 g/mol. The van der Waals surface area contributed by atoms with Crippen LogP contribution in [0.15, 0.2) is 18.2 Å². The summed E-state index contributed by atoms with van der Waals surface area (Å²) in [5, 5.41) is 5.89. The van der Waals surface area contributed by atoms with Crippen LogP contribution < -0.4 is 15.4 Å². The summed E-state index contributed by atoms with van der Waals surface area (Å²) < 4.78 is 23.9. The molecule has 1 saturated heterocycles. The van der Waals surface area contributed by atoms with Crippen LogP contribution in [0.5, 0.6) is 5.75 Å². The van der Waals surface area contributed by atoms with E-state index in [-0.39, 0.29) is 24.1 Å². The minimum atomic E-state index is -0.846. The Morgan fingerprint density at radius 2 is 2.00 bits per heavy atom. The first-order valence-electron chi connectivity index (χ1n) is 6.52. The summed E-state index contributed by atoms with van der Waals surface area (Å²) in [5.41, 5.74) is -0.454. The smallest absolute Gasteiger partial charge is 0.256 e. The van der Waals surface area contributed by atoms with E-state index in [2.05, 4.69) is 10.6 Å². The Kier molecular flexibility index (Phi) is 6.39. The van der Waals surface area contributed by atoms with Gasteiger partial charge in [0.1, 0.15) is 5.60 Å². The fourth-order valence-corrected chi connectivity index (χ4v) is 2.34. The molecule has 0 bridgehead atoms. The highest BCUT2D eigenvalue weighted by Gasteiger charge is 2.39. The Bertz CT molecular complexity index is 493. The average Bonchev–Trinajstić information content (AvgIpc) is 2.48. The van der Waals surface area contributed by atoms with E-state index in [1.807, 2.05) is 0 Å². The van der Waals surface area contributed by atoms with Crippen molar-refractivity contribution in [1.82, 2.24) is 5.32 Å². The second-order valence-electron chi connectivity index (χ2n) is 4.75. The Morgan fingerprint density at radius 1 is 1.33 bits per heavy atom. The molecule has 1 fully saturated rings. The number of hydrogen-bond donors (Lipinski definition) is 2. The van der Waals surface area contributed by atoms with Gasteiger partial charge in [0.25, 0.3) is 5.91 Å². The topological polar surface area (TPSA) is 59.6 Å². The van der Waals surface area contributed by atoms with E-state index in [0.717, 1.165) is 13.1 Å². The van der Waals surface area contributed by atoms with Gasteiger partial charge >= 0.3 is 0 Å². The third-order valence-corrected chi connectivity index (χ3v) is 3.63. The summed E-state index contributed by atoms with van der Waals surface area (Å²) in [5.74, 6) is -0.612. The van der Waals surface area contributed by atoms with E-state index >= 15 is 0 Å². The maximum Gasteiger partial charge on any atom is 0.256 e. The van der Waals surface area contributed by atoms with Crippen LogP contribution in [0.4, 0.5) is 10.1 Å². The molecule has 0 radical (unpaired) electrons. The number of amides is 1. The lowest BCUT2D eigenvalue weighted by Crippen LogP contribution is -2.51. The summed E-state index contributed by atoms with van der Waals surface area (Å²) >= 11 is 0. The van der Waals surface area contributed by atoms with Gasteiger partial charge in [-0.15, -0.1) is 12.4 Å². The van der Waals surface area contributed by atoms with Gasteiger partial charge in [-0.1, -0.05) is 0 Å². The number of ether oxygens (including phenoxy) is 2. The second-order valence-corrected chi connectivity index (χ2v) is 4.75. The van der Waals surface area contributed by atoms with E-state index < -0.39 is 11.4 Å². The number of carbonyl (C=O) groups is 1. The molecule has 0 unspecified atom stereocenters. The van der Waals surface area contributed by atoms with Crippen molar-refractivity contribution >= 4 is 24.0 Å². The summed E-state index contributed by atoms with van der Waals surface area (Å²) in [6, 6.07) is 4.32. The maximum atomic E-state index is 13.6. The number of methoxy groups -OCH3 is 2. The molecule has 2 rings (SSSR count). The lowest BCUT2D eigenvalue weighted by Gasteiger charge is -2.34. The molecule has 1 heterocycles. The van der Waals surface area contributed by atoms with E-state index in [9.17, 15) is 9.18 Å². The standard InChI is InChI=1S/C14H19FN2O3.ClH/c1-19-12-4-3-10(9-11(12)15)17-13(18)14(20-2)5-7-16-8-6-14;/h3-4,9,16H,5-8H2,1-2H3,(H,17,18);1H. The Labute approximate surface area is 129 Å². The molecule has 1 aromatic rings. The first-order valence-corrected chi connectivity index (χ1v) is 6.52. The molecule has 1 amide bonds. The molecule has 0 spiro atoms. The molecule has 2 N–H and O–H groups in total. The van der Waals surface area contributed by atoms with Crippen molar-refractivity contribution in [3.05, 3.63) is 24.0 Å². The summed E-state index contributed by atoms with van der Waals surface area (Å²) in [6.07, 6.45) is 1.18. The van der Waals surface area contributed by atoms with Gasteiger partial charge in [0.15, 0.2) is 11.6 Å². The Hall–Kier alpha value is -1.37. The second kappa shape index (κ2) is 7.59.